The number of unbranched alkanes of at least 4 members (excludes halogenated alkanes) is 6. The van der Waals surface area contributed by atoms with Crippen LogP contribution in [0.5, 0.6) is 0 Å². The highest BCUT2D eigenvalue weighted by Crippen LogP contribution is 2.20. The molecule has 3 nitrogen and oxygen atoms in total. The molecule has 0 aromatic heterocycles. The summed E-state index contributed by atoms with van der Waals surface area (Å²) in [6.45, 7) is 8.01. The van der Waals surface area contributed by atoms with Crippen LogP contribution in [0.15, 0.2) is 0 Å². The van der Waals surface area contributed by atoms with E-state index in [0.29, 0.717) is 19.8 Å². The lowest BCUT2D eigenvalue weighted by Crippen LogP contribution is -2.45. The van der Waals surface area contributed by atoms with Crippen LogP contribution in [0.25, 0.3) is 0 Å². The van der Waals surface area contributed by atoms with Gasteiger partial charge in [0.15, 0.2) is 0 Å². The molecule has 0 aliphatic carbocycles. The fourth-order valence-electron chi connectivity index (χ4n) is 2.28. The molecule has 0 aliphatic rings. The lowest BCUT2D eigenvalue weighted by molar-refractivity contribution is 0.0706. The van der Waals surface area contributed by atoms with E-state index < -0.39 is 8.80 Å². The number of rotatable bonds is 14. The summed E-state index contributed by atoms with van der Waals surface area (Å²) in [7, 11) is -2.40. The molecule has 0 heterocycles. The maximum atomic E-state index is 5.84. The third-order valence-corrected chi connectivity index (χ3v) is 6.30. The molecular formula is C16H32O3Si. The summed E-state index contributed by atoms with van der Waals surface area (Å²) in [6.07, 6.45) is 13.4. The smallest absolute Gasteiger partial charge is 0.374 e. The molecule has 0 fully saturated rings. The van der Waals surface area contributed by atoms with Crippen LogP contribution in [-0.4, -0.2) is 28.6 Å². The summed E-state index contributed by atoms with van der Waals surface area (Å²) < 4.78 is 17.5. The van der Waals surface area contributed by atoms with E-state index in [1.807, 2.05) is 20.8 Å². The molecule has 0 amide bonds. The summed E-state index contributed by atoms with van der Waals surface area (Å²) in [5, 5.41) is 0. The van der Waals surface area contributed by atoms with E-state index in [0.717, 1.165) is 25.3 Å². The highest BCUT2D eigenvalue weighted by atomic mass is 28.4. The molecule has 0 saturated carbocycles. The van der Waals surface area contributed by atoms with Gasteiger partial charge < -0.3 is 13.3 Å². The summed E-state index contributed by atoms with van der Waals surface area (Å²) in [5.41, 5.74) is 0. The predicted molar refractivity (Wildman–Crippen MR) is 86.6 cm³/mol. The number of hydrogen-bond donors (Lipinski definition) is 0. The first-order valence-electron chi connectivity index (χ1n) is 8.10. The van der Waals surface area contributed by atoms with Gasteiger partial charge in [-0.05, 0) is 33.6 Å². The van der Waals surface area contributed by atoms with E-state index in [1.165, 1.54) is 25.7 Å². The highest BCUT2D eigenvalue weighted by Gasteiger charge is 2.39. The lowest BCUT2D eigenvalue weighted by atomic mass is 10.1. The van der Waals surface area contributed by atoms with E-state index in [-0.39, 0.29) is 0 Å². The first-order valence-corrected chi connectivity index (χ1v) is 10.0. The first kappa shape index (κ1) is 19.7. The Bertz CT molecular complexity index is 234. The Morgan fingerprint density at radius 2 is 1.20 bits per heavy atom. The molecule has 0 spiro atoms. The van der Waals surface area contributed by atoms with Crippen molar-refractivity contribution in [2.45, 2.75) is 71.8 Å². The van der Waals surface area contributed by atoms with Crippen LogP contribution in [-0.2, 0) is 13.3 Å². The third-order valence-electron chi connectivity index (χ3n) is 3.15. The van der Waals surface area contributed by atoms with Crippen LogP contribution in [0.2, 0.25) is 6.04 Å². The molecule has 4 heteroatoms. The second-order valence-corrected chi connectivity index (χ2v) is 7.54. The van der Waals surface area contributed by atoms with Gasteiger partial charge in [-0.2, -0.15) is 0 Å². The van der Waals surface area contributed by atoms with Gasteiger partial charge in [-0.15, -0.1) is 12.3 Å². The fourth-order valence-corrected chi connectivity index (χ4v) is 4.96. The van der Waals surface area contributed by atoms with E-state index in [9.17, 15) is 0 Å². The van der Waals surface area contributed by atoms with Crippen LogP contribution in [0.4, 0.5) is 0 Å². The Hall–Kier alpha value is -0.343. The van der Waals surface area contributed by atoms with Crippen LogP contribution < -0.4 is 0 Å². The van der Waals surface area contributed by atoms with Gasteiger partial charge in [-0.3, -0.25) is 0 Å². The maximum Gasteiger partial charge on any atom is 0.500 e. The maximum absolute atomic E-state index is 5.84. The standard InChI is InChI=1S/C16H32O3Si/c1-5-9-10-11-12-13-14-15-16-20(17-6-2,18-7-3)19-8-4/h1H,6-16H2,2-4H3. The molecule has 0 saturated heterocycles. The molecule has 0 aromatic rings. The largest absolute Gasteiger partial charge is 0.500 e. The summed E-state index contributed by atoms with van der Waals surface area (Å²) in [4.78, 5) is 0. The van der Waals surface area contributed by atoms with Gasteiger partial charge in [0.2, 0.25) is 0 Å². The molecule has 0 radical (unpaired) electrons. The molecule has 0 aromatic carbocycles. The molecule has 0 aliphatic heterocycles. The van der Waals surface area contributed by atoms with Crippen molar-refractivity contribution in [3.63, 3.8) is 0 Å². The molecule has 0 atom stereocenters. The zero-order valence-corrected chi connectivity index (χ0v) is 14.6. The minimum Gasteiger partial charge on any atom is -0.374 e. The van der Waals surface area contributed by atoms with Gasteiger partial charge in [0.1, 0.15) is 0 Å². The second kappa shape index (κ2) is 13.6. The van der Waals surface area contributed by atoms with E-state index >= 15 is 0 Å². The Labute approximate surface area is 126 Å². The van der Waals surface area contributed by atoms with Gasteiger partial charge in [0.05, 0.1) is 0 Å². The fraction of sp³-hybridized carbons (Fsp3) is 0.875. The number of terminal acetylenes is 1. The van der Waals surface area contributed by atoms with E-state index in [4.69, 9.17) is 19.7 Å². The average Bonchev–Trinajstić information content (AvgIpc) is 2.43. The molecule has 0 N–H and O–H groups in total. The minimum atomic E-state index is -2.40. The summed E-state index contributed by atoms with van der Waals surface area (Å²) in [5.74, 6) is 2.69. The Kier molecular flexibility index (Phi) is 13.4. The first-order chi connectivity index (χ1) is 9.74. The van der Waals surface area contributed by atoms with Crippen molar-refractivity contribution in [3.8, 4) is 12.3 Å². The van der Waals surface area contributed by atoms with E-state index in [1.54, 1.807) is 0 Å². The molecule has 118 valence electrons. The van der Waals surface area contributed by atoms with Crippen molar-refractivity contribution in [2.75, 3.05) is 19.8 Å². The Morgan fingerprint density at radius 1 is 0.750 bits per heavy atom. The molecule has 0 unspecified atom stereocenters. The van der Waals surface area contributed by atoms with Crippen molar-refractivity contribution < 1.29 is 13.3 Å². The molecule has 0 bridgehead atoms. The lowest BCUT2D eigenvalue weighted by Gasteiger charge is -2.28. The van der Waals surface area contributed by atoms with Crippen molar-refractivity contribution in [1.29, 1.82) is 0 Å². The summed E-state index contributed by atoms with van der Waals surface area (Å²) >= 11 is 0. The van der Waals surface area contributed by atoms with Crippen molar-refractivity contribution >= 4 is 8.80 Å². The SMILES string of the molecule is C#CCCCCCCCC[Si](OCC)(OCC)OCC. The monoisotopic (exact) mass is 300 g/mol. The second-order valence-electron chi connectivity index (χ2n) is 4.81. The Morgan fingerprint density at radius 3 is 1.65 bits per heavy atom. The van der Waals surface area contributed by atoms with Crippen LogP contribution in [0, 0.1) is 12.3 Å². The average molecular weight is 301 g/mol. The topological polar surface area (TPSA) is 27.7 Å². The number of hydrogen-bond acceptors (Lipinski definition) is 3. The molecule has 0 rings (SSSR count). The van der Waals surface area contributed by atoms with Crippen molar-refractivity contribution in [1.82, 2.24) is 0 Å². The van der Waals surface area contributed by atoms with Crippen LogP contribution in [0.1, 0.15) is 65.7 Å². The molecule has 20 heavy (non-hydrogen) atoms. The van der Waals surface area contributed by atoms with Crippen molar-refractivity contribution in [3.05, 3.63) is 0 Å². The van der Waals surface area contributed by atoms with Crippen LogP contribution >= 0.6 is 0 Å². The van der Waals surface area contributed by atoms with E-state index in [2.05, 4.69) is 5.92 Å². The van der Waals surface area contributed by atoms with Crippen molar-refractivity contribution in [2.24, 2.45) is 0 Å². The zero-order chi connectivity index (χ0) is 15.1. The van der Waals surface area contributed by atoms with Gasteiger partial charge in [-0.1, -0.05) is 25.7 Å². The molecular weight excluding hydrogens is 268 g/mol. The normalized spacial score (nSPS) is 11.5. The summed E-state index contributed by atoms with van der Waals surface area (Å²) in [6, 6.07) is 0.937. The van der Waals surface area contributed by atoms with Gasteiger partial charge in [0, 0.05) is 32.3 Å². The van der Waals surface area contributed by atoms with Crippen LogP contribution in [0.3, 0.4) is 0 Å². The Balaban J connectivity index is 3.86. The highest BCUT2D eigenvalue weighted by molar-refractivity contribution is 6.60. The van der Waals surface area contributed by atoms with Gasteiger partial charge in [0.25, 0.3) is 0 Å². The zero-order valence-electron chi connectivity index (χ0n) is 13.6. The predicted octanol–water partition coefficient (Wildman–Crippen LogP) is 4.40. The minimum absolute atomic E-state index is 0.665. The van der Waals surface area contributed by atoms with Gasteiger partial charge >= 0.3 is 8.80 Å². The quantitative estimate of drug-likeness (QED) is 0.270. The van der Waals surface area contributed by atoms with Gasteiger partial charge in [-0.25, -0.2) is 0 Å². The third kappa shape index (κ3) is 9.54.